The van der Waals surface area contributed by atoms with Crippen molar-refractivity contribution in [2.24, 2.45) is 5.92 Å². The molecule has 3 aromatic rings. The average molecular weight is 472 g/mol. The van der Waals surface area contributed by atoms with E-state index in [9.17, 15) is 9.59 Å². The molecule has 0 aliphatic carbocycles. The molecule has 0 spiro atoms. The zero-order valence-electron chi connectivity index (χ0n) is 18.2. The molecule has 0 radical (unpaired) electrons. The highest BCUT2D eigenvalue weighted by molar-refractivity contribution is 7.09. The minimum absolute atomic E-state index is 0.0806. The van der Waals surface area contributed by atoms with Crippen molar-refractivity contribution < 1.29 is 14.3 Å². The monoisotopic (exact) mass is 471 g/mol. The number of hydrogen-bond acceptors (Lipinski definition) is 5. The van der Waals surface area contributed by atoms with Crippen LogP contribution < -0.4 is 15.4 Å². The zero-order valence-corrected chi connectivity index (χ0v) is 19.8. The minimum Gasteiger partial charge on any atom is -0.497 e. The minimum atomic E-state index is -0.662. The molecule has 6 nitrogen and oxygen atoms in total. The predicted octanol–water partition coefficient (Wildman–Crippen LogP) is 4.59. The van der Waals surface area contributed by atoms with E-state index < -0.39 is 6.04 Å². The Kier molecular flexibility index (Phi) is 8.25. The van der Waals surface area contributed by atoms with Gasteiger partial charge in [-0.2, -0.15) is 0 Å². The zero-order chi connectivity index (χ0) is 23.1. The maximum Gasteiger partial charge on any atom is 0.253 e. The lowest BCUT2D eigenvalue weighted by atomic mass is 10.0. The van der Waals surface area contributed by atoms with Gasteiger partial charge in [-0.05, 0) is 42.3 Å². The molecule has 168 valence electrons. The van der Waals surface area contributed by atoms with Crippen LogP contribution in [0.5, 0.6) is 5.75 Å². The number of nitrogens with zero attached hydrogens (tertiary/aromatic N) is 1. The highest BCUT2D eigenvalue weighted by Crippen LogP contribution is 2.24. The number of methoxy groups -OCH3 is 1. The van der Waals surface area contributed by atoms with Crippen molar-refractivity contribution >= 4 is 34.8 Å². The molecule has 0 saturated heterocycles. The molecule has 0 fully saturated rings. The number of aromatic nitrogens is 1. The van der Waals surface area contributed by atoms with Crippen LogP contribution in [0.25, 0.3) is 11.3 Å². The predicted molar refractivity (Wildman–Crippen MR) is 128 cm³/mol. The Bertz CT molecular complexity index is 1070. The Morgan fingerprint density at radius 3 is 2.50 bits per heavy atom. The maximum atomic E-state index is 12.7. The smallest absolute Gasteiger partial charge is 0.253 e. The number of rotatable bonds is 9. The summed E-state index contributed by atoms with van der Waals surface area (Å²) in [5, 5.41) is 8.99. The second-order valence-electron chi connectivity index (χ2n) is 7.57. The molecule has 0 aliphatic rings. The third-order valence-corrected chi connectivity index (χ3v) is 6.17. The summed E-state index contributed by atoms with van der Waals surface area (Å²) in [6, 6.07) is 13.8. The van der Waals surface area contributed by atoms with Crippen LogP contribution in [0.1, 0.15) is 29.2 Å². The molecule has 3 rings (SSSR count). The molecule has 8 heteroatoms. The number of thiazole rings is 1. The quantitative estimate of drug-likeness (QED) is 0.478. The third-order valence-electron chi connectivity index (χ3n) is 4.93. The van der Waals surface area contributed by atoms with Crippen molar-refractivity contribution in [1.29, 1.82) is 0 Å². The van der Waals surface area contributed by atoms with Gasteiger partial charge >= 0.3 is 0 Å². The second kappa shape index (κ2) is 11.1. The first-order chi connectivity index (χ1) is 15.4. The summed E-state index contributed by atoms with van der Waals surface area (Å²) in [6.07, 6.45) is 0.607. The molecule has 2 aromatic carbocycles. The SMILES string of the molecule is COc1ccc(-c2csc(CCNC(=O)C(NC(=O)c3ccccc3Cl)C(C)C)n2)cc1. The summed E-state index contributed by atoms with van der Waals surface area (Å²) in [4.78, 5) is 29.9. The molecule has 2 N–H and O–H groups in total. The van der Waals surface area contributed by atoms with E-state index in [1.165, 1.54) is 0 Å². The highest BCUT2D eigenvalue weighted by Gasteiger charge is 2.25. The number of benzene rings is 2. The standard InChI is InChI=1S/C24H26ClN3O3S/c1-15(2)22(28-23(29)18-6-4-5-7-19(18)25)24(30)26-13-12-21-27-20(14-32-21)16-8-10-17(31-3)11-9-16/h4-11,14-15,22H,12-13H2,1-3H3,(H,26,30)(H,28,29). The first-order valence-corrected chi connectivity index (χ1v) is 11.6. The fraction of sp³-hybridized carbons (Fsp3) is 0.292. The van der Waals surface area contributed by atoms with Crippen molar-refractivity contribution in [2.45, 2.75) is 26.3 Å². The summed E-state index contributed by atoms with van der Waals surface area (Å²) in [5.41, 5.74) is 2.26. The average Bonchev–Trinajstić information content (AvgIpc) is 3.26. The first-order valence-electron chi connectivity index (χ1n) is 10.3. The normalized spacial score (nSPS) is 11.8. The van der Waals surface area contributed by atoms with Gasteiger partial charge in [0.15, 0.2) is 0 Å². The van der Waals surface area contributed by atoms with Crippen LogP contribution in [0.15, 0.2) is 53.9 Å². The fourth-order valence-corrected chi connectivity index (χ4v) is 4.15. The summed E-state index contributed by atoms with van der Waals surface area (Å²) in [5.74, 6) is 0.122. The molecular formula is C24H26ClN3O3S. The number of halogens is 1. The topological polar surface area (TPSA) is 80.3 Å². The van der Waals surface area contributed by atoms with E-state index in [4.69, 9.17) is 16.3 Å². The van der Waals surface area contributed by atoms with Crippen LogP contribution in [0.4, 0.5) is 0 Å². The van der Waals surface area contributed by atoms with Gasteiger partial charge in [0.1, 0.15) is 11.8 Å². The number of ether oxygens (including phenoxy) is 1. The summed E-state index contributed by atoms with van der Waals surface area (Å²) < 4.78 is 5.19. The van der Waals surface area contributed by atoms with Gasteiger partial charge in [-0.1, -0.05) is 37.6 Å². The Morgan fingerprint density at radius 1 is 1.12 bits per heavy atom. The Balaban J connectivity index is 1.55. The summed E-state index contributed by atoms with van der Waals surface area (Å²) in [6.45, 7) is 4.21. The number of carbonyl (C=O) groups excluding carboxylic acids is 2. The lowest BCUT2D eigenvalue weighted by Crippen LogP contribution is -2.50. The van der Waals surface area contributed by atoms with E-state index in [0.717, 1.165) is 22.0 Å². The molecular weight excluding hydrogens is 446 g/mol. The molecule has 32 heavy (non-hydrogen) atoms. The molecule has 1 aromatic heterocycles. The van der Waals surface area contributed by atoms with Gasteiger partial charge < -0.3 is 15.4 Å². The number of carbonyl (C=O) groups is 2. The largest absolute Gasteiger partial charge is 0.497 e. The molecule has 0 bridgehead atoms. The van der Waals surface area contributed by atoms with Crippen molar-refractivity contribution in [3.05, 3.63) is 69.5 Å². The van der Waals surface area contributed by atoms with E-state index in [2.05, 4.69) is 15.6 Å². The molecule has 2 amide bonds. The first kappa shape index (κ1) is 23.8. The summed E-state index contributed by atoms with van der Waals surface area (Å²) >= 11 is 7.65. The van der Waals surface area contributed by atoms with Crippen LogP contribution in [0.3, 0.4) is 0 Å². The Labute approximate surface area is 197 Å². The van der Waals surface area contributed by atoms with E-state index >= 15 is 0 Å². The number of nitrogens with one attached hydrogen (secondary N) is 2. The highest BCUT2D eigenvalue weighted by atomic mass is 35.5. The van der Waals surface area contributed by atoms with Crippen LogP contribution in [-0.2, 0) is 11.2 Å². The Hall–Kier alpha value is -2.90. The number of amides is 2. The molecule has 0 aliphatic heterocycles. The van der Waals surface area contributed by atoms with Gasteiger partial charge in [0.2, 0.25) is 5.91 Å². The van der Waals surface area contributed by atoms with Gasteiger partial charge in [0.05, 0.1) is 28.4 Å². The lowest BCUT2D eigenvalue weighted by molar-refractivity contribution is -0.123. The van der Waals surface area contributed by atoms with Crippen LogP contribution in [0, 0.1) is 5.92 Å². The second-order valence-corrected chi connectivity index (χ2v) is 8.92. The van der Waals surface area contributed by atoms with E-state index in [1.54, 1.807) is 42.7 Å². The molecule has 1 atom stereocenters. The maximum absolute atomic E-state index is 12.7. The Morgan fingerprint density at radius 2 is 1.84 bits per heavy atom. The number of hydrogen-bond donors (Lipinski definition) is 2. The third kappa shape index (κ3) is 6.08. The summed E-state index contributed by atoms with van der Waals surface area (Å²) in [7, 11) is 1.64. The van der Waals surface area contributed by atoms with Gasteiger partial charge in [-0.3, -0.25) is 9.59 Å². The van der Waals surface area contributed by atoms with Gasteiger partial charge in [-0.25, -0.2) is 4.98 Å². The van der Waals surface area contributed by atoms with Crippen molar-refractivity contribution in [2.75, 3.05) is 13.7 Å². The van der Waals surface area contributed by atoms with E-state index in [0.29, 0.717) is 23.6 Å². The van der Waals surface area contributed by atoms with Gasteiger partial charge in [0, 0.05) is 23.9 Å². The van der Waals surface area contributed by atoms with Crippen LogP contribution in [0.2, 0.25) is 5.02 Å². The van der Waals surface area contributed by atoms with Crippen LogP contribution >= 0.6 is 22.9 Å². The van der Waals surface area contributed by atoms with Gasteiger partial charge in [-0.15, -0.1) is 11.3 Å². The van der Waals surface area contributed by atoms with Crippen molar-refractivity contribution in [1.82, 2.24) is 15.6 Å². The van der Waals surface area contributed by atoms with Gasteiger partial charge in [0.25, 0.3) is 5.91 Å². The lowest BCUT2D eigenvalue weighted by Gasteiger charge is -2.22. The van der Waals surface area contributed by atoms with Crippen LogP contribution in [-0.4, -0.2) is 36.5 Å². The molecule has 1 unspecified atom stereocenters. The van der Waals surface area contributed by atoms with E-state index in [1.807, 2.05) is 43.5 Å². The molecule has 1 heterocycles. The molecule has 0 saturated carbocycles. The van der Waals surface area contributed by atoms with Crippen molar-refractivity contribution in [3.63, 3.8) is 0 Å². The van der Waals surface area contributed by atoms with Crippen molar-refractivity contribution in [3.8, 4) is 17.0 Å². The van der Waals surface area contributed by atoms with E-state index in [-0.39, 0.29) is 17.7 Å². The fourth-order valence-electron chi connectivity index (χ4n) is 3.12.